The molecular weight excluding hydrogens is 204 g/mol. The highest BCUT2D eigenvalue weighted by Gasteiger charge is 2.19. The van der Waals surface area contributed by atoms with Crippen molar-refractivity contribution in [3.05, 3.63) is 34.4 Å². The number of rotatable bonds is 1. The maximum absolute atomic E-state index is 11.2. The number of fused-ring (bicyclic) bond motifs is 1. The smallest absolute Gasteiger partial charge is 0.183 e. The molecule has 84 valence electrons. The second-order valence-electron chi connectivity index (χ2n) is 4.24. The average Bonchev–Trinajstić information content (AvgIpc) is 2.73. The van der Waals surface area contributed by atoms with Crippen molar-refractivity contribution in [3.8, 4) is 0 Å². The van der Waals surface area contributed by atoms with Crippen LogP contribution in [0.3, 0.4) is 0 Å². The van der Waals surface area contributed by atoms with E-state index in [-0.39, 0.29) is 5.43 Å². The number of nitrogens with one attached hydrogen (secondary N) is 2. The first-order valence-corrected chi connectivity index (χ1v) is 5.62. The molecule has 1 aliphatic rings. The minimum absolute atomic E-state index is 0.0111. The monoisotopic (exact) mass is 218 g/mol. The van der Waals surface area contributed by atoms with Gasteiger partial charge in [0.2, 0.25) is 0 Å². The van der Waals surface area contributed by atoms with Crippen molar-refractivity contribution in [1.29, 1.82) is 0 Å². The van der Waals surface area contributed by atoms with Crippen molar-refractivity contribution in [2.75, 3.05) is 13.1 Å². The normalized spacial score (nSPS) is 21.4. The lowest BCUT2D eigenvalue weighted by Gasteiger charge is -2.21. The maximum atomic E-state index is 11.2. The van der Waals surface area contributed by atoms with Crippen LogP contribution in [0.1, 0.15) is 24.6 Å². The highest BCUT2D eigenvalue weighted by Crippen LogP contribution is 2.21. The van der Waals surface area contributed by atoms with Gasteiger partial charge in [0.1, 0.15) is 11.5 Å². The molecule has 1 saturated heterocycles. The molecule has 0 amide bonds. The molecule has 3 rings (SSSR count). The molecule has 16 heavy (non-hydrogen) atoms. The molecule has 0 radical (unpaired) electrons. The van der Waals surface area contributed by atoms with Crippen LogP contribution in [0.5, 0.6) is 0 Å². The van der Waals surface area contributed by atoms with Gasteiger partial charge in [-0.05, 0) is 19.4 Å². The largest absolute Gasteiger partial charge is 0.316 e. The van der Waals surface area contributed by atoms with E-state index in [1.165, 1.54) is 6.42 Å². The molecule has 0 bridgehead atoms. The fraction of sp³-hybridized carbons (Fsp3) is 0.455. The molecule has 0 spiro atoms. The van der Waals surface area contributed by atoms with Gasteiger partial charge in [0.15, 0.2) is 5.43 Å². The zero-order valence-electron chi connectivity index (χ0n) is 8.94. The Hall–Kier alpha value is -1.62. The van der Waals surface area contributed by atoms with Crippen molar-refractivity contribution in [2.24, 2.45) is 0 Å². The number of hydrogen-bond acceptors (Lipinski definition) is 3. The van der Waals surface area contributed by atoms with Crippen molar-refractivity contribution in [3.63, 3.8) is 0 Å². The fourth-order valence-corrected chi connectivity index (χ4v) is 2.30. The van der Waals surface area contributed by atoms with Gasteiger partial charge in [-0.2, -0.15) is 5.10 Å². The third kappa shape index (κ3) is 1.53. The van der Waals surface area contributed by atoms with Gasteiger partial charge >= 0.3 is 0 Å². The third-order valence-electron chi connectivity index (χ3n) is 3.12. The van der Waals surface area contributed by atoms with E-state index in [1.807, 2.05) is 4.40 Å². The van der Waals surface area contributed by atoms with Crippen LogP contribution in [-0.4, -0.2) is 27.7 Å². The van der Waals surface area contributed by atoms with E-state index < -0.39 is 0 Å². The number of aromatic nitrogens is 3. The van der Waals surface area contributed by atoms with Gasteiger partial charge in [0.05, 0.1) is 0 Å². The van der Waals surface area contributed by atoms with Crippen LogP contribution in [0, 0.1) is 0 Å². The average molecular weight is 218 g/mol. The minimum Gasteiger partial charge on any atom is -0.316 e. The maximum Gasteiger partial charge on any atom is 0.183 e. The molecule has 5 nitrogen and oxygen atoms in total. The molecular formula is C11H14N4O. The van der Waals surface area contributed by atoms with E-state index in [9.17, 15) is 4.79 Å². The Bertz CT molecular complexity index is 550. The van der Waals surface area contributed by atoms with Gasteiger partial charge in [-0.3, -0.25) is 14.3 Å². The van der Waals surface area contributed by atoms with Crippen LogP contribution in [-0.2, 0) is 0 Å². The van der Waals surface area contributed by atoms with Gasteiger partial charge in [0.25, 0.3) is 0 Å². The van der Waals surface area contributed by atoms with Gasteiger partial charge in [-0.15, -0.1) is 0 Å². The Labute approximate surface area is 92.5 Å². The predicted octanol–water partition coefficient (Wildman–Crippen LogP) is 0.490. The number of H-pyrrole nitrogens is 1. The lowest BCUT2D eigenvalue weighted by molar-refractivity contribution is 0.444. The van der Waals surface area contributed by atoms with Crippen LogP contribution >= 0.6 is 0 Å². The highest BCUT2D eigenvalue weighted by atomic mass is 16.1. The summed E-state index contributed by atoms with van der Waals surface area (Å²) in [6, 6.07) is 3.15. The first-order valence-electron chi connectivity index (χ1n) is 5.62. The summed E-state index contributed by atoms with van der Waals surface area (Å²) in [5.41, 5.74) is 0.782. The van der Waals surface area contributed by atoms with E-state index >= 15 is 0 Å². The molecule has 0 aromatic carbocycles. The summed E-state index contributed by atoms with van der Waals surface area (Å²) in [6.45, 7) is 2.06. The Morgan fingerprint density at radius 3 is 3.25 bits per heavy atom. The summed E-state index contributed by atoms with van der Waals surface area (Å²) in [5.74, 6) is 1.45. The van der Waals surface area contributed by atoms with Crippen molar-refractivity contribution >= 4 is 5.65 Å². The number of aromatic amines is 1. The molecule has 0 saturated carbocycles. The zero-order valence-corrected chi connectivity index (χ0v) is 8.94. The molecule has 1 atom stereocenters. The molecule has 5 heteroatoms. The van der Waals surface area contributed by atoms with Gasteiger partial charge in [-0.25, -0.2) is 0 Å². The summed E-state index contributed by atoms with van der Waals surface area (Å²) in [4.78, 5) is 11.2. The highest BCUT2D eigenvalue weighted by molar-refractivity contribution is 5.37. The minimum atomic E-state index is 0.0111. The molecule has 1 fully saturated rings. The lowest BCUT2D eigenvalue weighted by Crippen LogP contribution is -2.29. The van der Waals surface area contributed by atoms with Crippen LogP contribution in [0.25, 0.3) is 5.65 Å². The van der Waals surface area contributed by atoms with Crippen molar-refractivity contribution in [2.45, 2.75) is 18.8 Å². The van der Waals surface area contributed by atoms with Crippen LogP contribution < -0.4 is 10.7 Å². The lowest BCUT2D eigenvalue weighted by atomic mass is 9.99. The molecule has 3 heterocycles. The van der Waals surface area contributed by atoms with Crippen LogP contribution in [0.15, 0.2) is 23.1 Å². The quantitative estimate of drug-likeness (QED) is 0.732. The molecule has 0 aliphatic carbocycles. The molecule has 2 N–H and O–H groups in total. The summed E-state index contributed by atoms with van der Waals surface area (Å²) in [7, 11) is 0. The molecule has 2 aromatic heterocycles. The molecule has 2 aromatic rings. The Morgan fingerprint density at radius 2 is 2.44 bits per heavy atom. The SMILES string of the molecule is O=c1ccn2c(C3CCCNC3)n[nH]c2c1. The number of nitrogens with zero attached hydrogens (tertiary/aromatic N) is 2. The second kappa shape index (κ2) is 3.75. The van der Waals surface area contributed by atoms with Gasteiger partial charge in [-0.1, -0.05) is 0 Å². The predicted molar refractivity (Wildman–Crippen MR) is 60.7 cm³/mol. The third-order valence-corrected chi connectivity index (χ3v) is 3.12. The second-order valence-corrected chi connectivity index (χ2v) is 4.24. The summed E-state index contributed by atoms with van der Waals surface area (Å²) >= 11 is 0. The van der Waals surface area contributed by atoms with E-state index in [2.05, 4.69) is 15.5 Å². The Morgan fingerprint density at radius 1 is 1.50 bits per heavy atom. The summed E-state index contributed by atoms with van der Waals surface area (Å²) in [6.07, 6.45) is 4.13. The van der Waals surface area contributed by atoms with E-state index in [4.69, 9.17) is 0 Å². The summed E-state index contributed by atoms with van der Waals surface area (Å²) in [5, 5.41) is 10.6. The van der Waals surface area contributed by atoms with Gasteiger partial charge < -0.3 is 5.32 Å². The van der Waals surface area contributed by atoms with Gasteiger partial charge in [0, 0.05) is 30.8 Å². The zero-order chi connectivity index (χ0) is 11.0. The summed E-state index contributed by atoms with van der Waals surface area (Å²) < 4.78 is 1.97. The first kappa shape index (κ1) is 9.59. The molecule has 1 unspecified atom stereocenters. The first-order chi connectivity index (χ1) is 7.84. The van der Waals surface area contributed by atoms with Crippen LogP contribution in [0.4, 0.5) is 0 Å². The van der Waals surface area contributed by atoms with E-state index in [0.29, 0.717) is 5.92 Å². The number of pyridine rings is 1. The topological polar surface area (TPSA) is 62.2 Å². The Kier molecular flexibility index (Phi) is 2.25. The number of piperidine rings is 1. The molecule has 1 aliphatic heterocycles. The van der Waals surface area contributed by atoms with Crippen molar-refractivity contribution in [1.82, 2.24) is 19.9 Å². The van der Waals surface area contributed by atoms with Crippen molar-refractivity contribution < 1.29 is 0 Å². The van der Waals surface area contributed by atoms with E-state index in [0.717, 1.165) is 31.0 Å². The number of hydrogen-bond donors (Lipinski definition) is 2. The van der Waals surface area contributed by atoms with Crippen LogP contribution in [0.2, 0.25) is 0 Å². The Balaban J connectivity index is 2.06. The fourth-order valence-electron chi connectivity index (χ4n) is 2.30. The standard InChI is InChI=1S/C11H14N4O/c16-9-3-5-15-10(6-9)13-14-11(15)8-2-1-4-12-7-8/h3,5-6,8,12-13H,1-2,4,7H2. The van der Waals surface area contributed by atoms with E-state index in [1.54, 1.807) is 18.3 Å².